The number of aromatic nitrogens is 1. The summed E-state index contributed by atoms with van der Waals surface area (Å²) >= 11 is 3.47. The van der Waals surface area contributed by atoms with Crippen molar-refractivity contribution in [1.29, 1.82) is 0 Å². The highest BCUT2D eigenvalue weighted by Crippen LogP contribution is 2.20. The van der Waals surface area contributed by atoms with Gasteiger partial charge in [-0.2, -0.15) is 0 Å². The topological polar surface area (TPSA) is 4.93 Å². The third kappa shape index (κ3) is 1.51. The van der Waals surface area contributed by atoms with Gasteiger partial charge in [-0.3, -0.25) is 0 Å². The molecule has 2 heteroatoms. The molecule has 1 nitrogen and oxygen atoms in total. The lowest BCUT2D eigenvalue weighted by Crippen LogP contribution is -1.83. The smallest absolute Gasteiger partial charge is 0.0480 e. The molecular formula is C11H12BrN. The van der Waals surface area contributed by atoms with E-state index in [1.807, 2.05) is 0 Å². The van der Waals surface area contributed by atoms with Gasteiger partial charge in [0.05, 0.1) is 0 Å². The third-order valence-corrected chi connectivity index (χ3v) is 2.74. The van der Waals surface area contributed by atoms with Crippen molar-refractivity contribution in [3.63, 3.8) is 0 Å². The van der Waals surface area contributed by atoms with Crippen molar-refractivity contribution in [2.75, 3.05) is 5.33 Å². The van der Waals surface area contributed by atoms with Crippen LogP contribution in [0.4, 0.5) is 0 Å². The first-order chi connectivity index (χ1) is 6.33. The van der Waals surface area contributed by atoms with E-state index < -0.39 is 0 Å². The van der Waals surface area contributed by atoms with Gasteiger partial charge in [-0.25, -0.2) is 0 Å². The molecule has 68 valence electrons. The van der Waals surface area contributed by atoms with E-state index in [1.54, 1.807) is 0 Å². The fraction of sp³-hybridized carbons (Fsp3) is 0.273. The maximum atomic E-state index is 3.47. The number of hydrogen-bond donors (Lipinski definition) is 0. The van der Waals surface area contributed by atoms with Gasteiger partial charge in [0, 0.05) is 29.5 Å². The lowest BCUT2D eigenvalue weighted by molar-refractivity contribution is 0.956. The van der Waals surface area contributed by atoms with Crippen LogP contribution in [0.1, 0.15) is 5.56 Å². The van der Waals surface area contributed by atoms with Gasteiger partial charge >= 0.3 is 0 Å². The molecule has 0 spiro atoms. The highest BCUT2D eigenvalue weighted by Gasteiger charge is 2.03. The molecule has 0 saturated heterocycles. The summed E-state index contributed by atoms with van der Waals surface area (Å²) in [5, 5.41) is 2.41. The predicted octanol–water partition coefficient (Wildman–Crippen LogP) is 3.12. The Hall–Kier alpha value is -0.760. The van der Waals surface area contributed by atoms with Crippen LogP contribution in [-0.2, 0) is 13.5 Å². The average molecular weight is 238 g/mol. The zero-order valence-electron chi connectivity index (χ0n) is 7.63. The van der Waals surface area contributed by atoms with Gasteiger partial charge in [0.25, 0.3) is 0 Å². The second kappa shape index (κ2) is 3.54. The number of fused-ring (bicyclic) bond motifs is 1. The maximum Gasteiger partial charge on any atom is 0.0480 e. The van der Waals surface area contributed by atoms with E-state index in [9.17, 15) is 0 Å². The molecule has 0 unspecified atom stereocenters. The predicted molar refractivity (Wildman–Crippen MR) is 60.4 cm³/mol. The maximum absolute atomic E-state index is 3.47. The summed E-state index contributed by atoms with van der Waals surface area (Å²) in [4.78, 5) is 0. The molecule has 0 atom stereocenters. The minimum Gasteiger partial charge on any atom is -0.350 e. The van der Waals surface area contributed by atoms with Crippen molar-refractivity contribution >= 4 is 26.8 Å². The Morgan fingerprint density at radius 2 is 2.08 bits per heavy atom. The molecule has 1 aromatic carbocycles. The van der Waals surface area contributed by atoms with Crippen molar-refractivity contribution < 1.29 is 0 Å². The van der Waals surface area contributed by atoms with E-state index in [4.69, 9.17) is 0 Å². The van der Waals surface area contributed by atoms with E-state index in [0.29, 0.717) is 0 Å². The van der Waals surface area contributed by atoms with Crippen molar-refractivity contribution in [3.05, 3.63) is 36.0 Å². The van der Waals surface area contributed by atoms with Crippen LogP contribution in [0.25, 0.3) is 10.9 Å². The van der Waals surface area contributed by atoms with Crippen LogP contribution in [0, 0.1) is 0 Å². The monoisotopic (exact) mass is 237 g/mol. The number of para-hydroxylation sites is 1. The standard InChI is InChI=1S/C11H12BrN/c1-13-8-9(6-7-12)10-4-2-3-5-11(10)13/h2-5,8H,6-7H2,1H3. The normalized spacial score (nSPS) is 10.9. The molecule has 0 aliphatic carbocycles. The van der Waals surface area contributed by atoms with Crippen LogP contribution >= 0.6 is 15.9 Å². The molecule has 1 aromatic heterocycles. The second-order valence-electron chi connectivity index (χ2n) is 3.22. The first kappa shape index (κ1) is 8.82. The van der Waals surface area contributed by atoms with Crippen LogP contribution in [-0.4, -0.2) is 9.90 Å². The molecule has 2 rings (SSSR count). The minimum atomic E-state index is 1.03. The Morgan fingerprint density at radius 3 is 2.85 bits per heavy atom. The summed E-state index contributed by atoms with van der Waals surface area (Å²) in [6, 6.07) is 8.53. The fourth-order valence-corrected chi connectivity index (χ4v) is 2.15. The van der Waals surface area contributed by atoms with Crippen molar-refractivity contribution in [3.8, 4) is 0 Å². The van der Waals surface area contributed by atoms with Crippen LogP contribution < -0.4 is 0 Å². The van der Waals surface area contributed by atoms with Gasteiger partial charge < -0.3 is 4.57 Å². The number of halogens is 1. The summed E-state index contributed by atoms with van der Waals surface area (Å²) in [5.41, 5.74) is 2.74. The zero-order valence-corrected chi connectivity index (χ0v) is 9.21. The molecule has 0 aliphatic heterocycles. The molecule has 0 radical (unpaired) electrons. The van der Waals surface area contributed by atoms with E-state index in [1.165, 1.54) is 16.5 Å². The van der Waals surface area contributed by atoms with E-state index in [-0.39, 0.29) is 0 Å². The first-order valence-corrected chi connectivity index (χ1v) is 5.54. The molecule has 0 bridgehead atoms. The molecular weight excluding hydrogens is 226 g/mol. The van der Waals surface area contributed by atoms with Gasteiger partial charge in [-0.1, -0.05) is 34.1 Å². The Labute approximate surface area is 86.5 Å². The minimum absolute atomic E-state index is 1.03. The van der Waals surface area contributed by atoms with E-state index >= 15 is 0 Å². The van der Waals surface area contributed by atoms with E-state index in [2.05, 4.69) is 58.0 Å². The van der Waals surface area contributed by atoms with Gasteiger partial charge in [-0.15, -0.1) is 0 Å². The van der Waals surface area contributed by atoms with Gasteiger partial charge in [0.1, 0.15) is 0 Å². The molecule has 0 N–H and O–H groups in total. The summed E-state index contributed by atoms with van der Waals surface area (Å²) in [6.07, 6.45) is 3.31. The highest BCUT2D eigenvalue weighted by atomic mass is 79.9. The summed E-state index contributed by atoms with van der Waals surface area (Å²) in [6.45, 7) is 0. The van der Waals surface area contributed by atoms with Crippen LogP contribution in [0.3, 0.4) is 0 Å². The number of aryl methyl sites for hydroxylation is 2. The SMILES string of the molecule is Cn1cc(CCBr)c2ccccc21. The Morgan fingerprint density at radius 1 is 1.31 bits per heavy atom. The third-order valence-electron chi connectivity index (χ3n) is 2.34. The number of hydrogen-bond acceptors (Lipinski definition) is 0. The number of alkyl halides is 1. The summed E-state index contributed by atoms with van der Waals surface area (Å²) in [5.74, 6) is 0. The average Bonchev–Trinajstić information content (AvgIpc) is 2.46. The second-order valence-corrected chi connectivity index (χ2v) is 4.01. The molecule has 2 aromatic rings. The van der Waals surface area contributed by atoms with Crippen LogP contribution in [0.5, 0.6) is 0 Å². The number of benzene rings is 1. The molecule has 0 saturated carbocycles. The lowest BCUT2D eigenvalue weighted by Gasteiger charge is -1.94. The first-order valence-electron chi connectivity index (χ1n) is 4.42. The van der Waals surface area contributed by atoms with E-state index in [0.717, 1.165) is 11.8 Å². The van der Waals surface area contributed by atoms with Crippen LogP contribution in [0.2, 0.25) is 0 Å². The fourth-order valence-electron chi connectivity index (χ4n) is 1.73. The van der Waals surface area contributed by atoms with Crippen molar-refractivity contribution in [2.45, 2.75) is 6.42 Å². The van der Waals surface area contributed by atoms with Gasteiger partial charge in [0.2, 0.25) is 0 Å². The Bertz CT molecular complexity index is 417. The Balaban J connectivity index is 2.63. The summed E-state index contributed by atoms with van der Waals surface area (Å²) < 4.78 is 2.19. The Kier molecular flexibility index (Phi) is 2.40. The molecule has 13 heavy (non-hydrogen) atoms. The largest absolute Gasteiger partial charge is 0.350 e. The number of rotatable bonds is 2. The molecule has 1 heterocycles. The van der Waals surface area contributed by atoms with Crippen molar-refractivity contribution in [1.82, 2.24) is 4.57 Å². The lowest BCUT2D eigenvalue weighted by atomic mass is 10.1. The molecule has 0 fully saturated rings. The highest BCUT2D eigenvalue weighted by molar-refractivity contribution is 9.09. The molecule has 0 aliphatic rings. The zero-order chi connectivity index (χ0) is 9.26. The summed E-state index contributed by atoms with van der Waals surface area (Å²) in [7, 11) is 2.10. The molecule has 0 amide bonds. The quantitative estimate of drug-likeness (QED) is 0.708. The van der Waals surface area contributed by atoms with Crippen LogP contribution in [0.15, 0.2) is 30.5 Å². The van der Waals surface area contributed by atoms with Gasteiger partial charge in [0.15, 0.2) is 0 Å². The van der Waals surface area contributed by atoms with Crippen molar-refractivity contribution in [2.24, 2.45) is 7.05 Å². The van der Waals surface area contributed by atoms with Gasteiger partial charge in [-0.05, 0) is 18.1 Å². The number of nitrogens with zero attached hydrogens (tertiary/aromatic N) is 1.